The summed E-state index contributed by atoms with van der Waals surface area (Å²) < 4.78 is 25.7. The number of carboxylic acid groups (broad SMARTS) is 1. The molecule has 0 radical (unpaired) electrons. The molecule has 0 fully saturated rings. The van der Waals surface area contributed by atoms with E-state index in [-0.39, 0.29) is 12.8 Å². The number of amides is 2. The van der Waals surface area contributed by atoms with Gasteiger partial charge < -0.3 is 15.7 Å². The molecule has 0 bridgehead atoms. The standard InChI is InChI=1S/C13H14F2N2O4/c14-9-3-1-8(5-10(9)15)2-4-12(19)17(6-11(16)18)7-13(20)21/h1,3,5H,2,4,6-7H2,(H2,16,18)(H,20,21). The second-order valence-electron chi connectivity index (χ2n) is 4.36. The fourth-order valence-electron chi connectivity index (χ4n) is 1.69. The summed E-state index contributed by atoms with van der Waals surface area (Å²) in [6.07, 6.45) is -0.0590. The van der Waals surface area contributed by atoms with Crippen LogP contribution in [0.1, 0.15) is 12.0 Å². The molecule has 21 heavy (non-hydrogen) atoms. The van der Waals surface area contributed by atoms with Crippen LogP contribution in [-0.4, -0.2) is 40.9 Å². The first-order chi connectivity index (χ1) is 9.79. The maximum atomic E-state index is 13.0. The number of nitrogens with two attached hydrogens (primary N) is 1. The maximum Gasteiger partial charge on any atom is 0.323 e. The lowest BCUT2D eigenvalue weighted by molar-refractivity contribution is -0.145. The Morgan fingerprint density at radius 1 is 1.14 bits per heavy atom. The van der Waals surface area contributed by atoms with E-state index in [1.165, 1.54) is 6.07 Å². The predicted octanol–water partition coefficient (Wildman–Crippen LogP) is 0.296. The lowest BCUT2D eigenvalue weighted by atomic mass is 10.1. The number of benzene rings is 1. The molecule has 1 aromatic carbocycles. The largest absolute Gasteiger partial charge is 0.480 e. The Labute approximate surface area is 119 Å². The minimum Gasteiger partial charge on any atom is -0.480 e. The summed E-state index contributed by atoms with van der Waals surface area (Å²) >= 11 is 0. The predicted molar refractivity (Wildman–Crippen MR) is 68.1 cm³/mol. The normalized spacial score (nSPS) is 10.2. The third-order valence-corrected chi connectivity index (χ3v) is 2.64. The van der Waals surface area contributed by atoms with E-state index in [4.69, 9.17) is 10.8 Å². The number of nitrogens with zero attached hydrogens (tertiary/aromatic N) is 1. The first kappa shape index (κ1) is 16.5. The summed E-state index contributed by atoms with van der Waals surface area (Å²) in [4.78, 5) is 34.0. The Morgan fingerprint density at radius 2 is 1.81 bits per heavy atom. The van der Waals surface area contributed by atoms with Crippen molar-refractivity contribution in [3.63, 3.8) is 0 Å². The molecule has 0 aliphatic carbocycles. The first-order valence-electron chi connectivity index (χ1n) is 6.01. The summed E-state index contributed by atoms with van der Waals surface area (Å²) in [5.41, 5.74) is 5.32. The lowest BCUT2D eigenvalue weighted by Crippen LogP contribution is -2.41. The number of rotatable bonds is 7. The molecule has 0 aliphatic heterocycles. The smallest absolute Gasteiger partial charge is 0.323 e. The monoisotopic (exact) mass is 300 g/mol. The van der Waals surface area contributed by atoms with Crippen LogP contribution >= 0.6 is 0 Å². The van der Waals surface area contributed by atoms with Crippen LogP contribution < -0.4 is 5.73 Å². The highest BCUT2D eigenvalue weighted by Gasteiger charge is 2.18. The van der Waals surface area contributed by atoms with Crippen molar-refractivity contribution < 1.29 is 28.3 Å². The minimum absolute atomic E-state index is 0.0882. The van der Waals surface area contributed by atoms with Gasteiger partial charge in [0.05, 0.1) is 6.54 Å². The Bertz CT molecular complexity index is 547. The van der Waals surface area contributed by atoms with Crippen LogP contribution in [0.15, 0.2) is 18.2 Å². The molecule has 3 N–H and O–H groups in total. The van der Waals surface area contributed by atoms with Crippen molar-refractivity contribution in [1.29, 1.82) is 0 Å². The Morgan fingerprint density at radius 3 is 2.33 bits per heavy atom. The van der Waals surface area contributed by atoms with Gasteiger partial charge in [0.15, 0.2) is 11.6 Å². The fourth-order valence-corrected chi connectivity index (χ4v) is 1.69. The number of carbonyl (C=O) groups excluding carboxylic acids is 2. The molecule has 0 saturated heterocycles. The Hall–Kier alpha value is -2.51. The van der Waals surface area contributed by atoms with Gasteiger partial charge in [-0.15, -0.1) is 0 Å². The third-order valence-electron chi connectivity index (χ3n) is 2.64. The molecule has 0 aromatic heterocycles. The minimum atomic E-state index is -1.28. The highest BCUT2D eigenvalue weighted by molar-refractivity contribution is 5.86. The van der Waals surface area contributed by atoms with Gasteiger partial charge in [-0.2, -0.15) is 0 Å². The van der Waals surface area contributed by atoms with Crippen molar-refractivity contribution in [3.05, 3.63) is 35.4 Å². The van der Waals surface area contributed by atoms with Crippen molar-refractivity contribution >= 4 is 17.8 Å². The van der Waals surface area contributed by atoms with Gasteiger partial charge in [-0.25, -0.2) is 8.78 Å². The van der Waals surface area contributed by atoms with Crippen LogP contribution in [0.3, 0.4) is 0 Å². The zero-order valence-corrected chi connectivity index (χ0v) is 11.0. The number of hydrogen-bond donors (Lipinski definition) is 2. The molecule has 1 aromatic rings. The van der Waals surface area contributed by atoms with E-state index in [9.17, 15) is 23.2 Å². The number of halogens is 2. The Kier molecular flexibility index (Phi) is 5.77. The van der Waals surface area contributed by atoms with Gasteiger partial charge >= 0.3 is 5.97 Å². The van der Waals surface area contributed by atoms with Crippen LogP contribution in [0.25, 0.3) is 0 Å². The zero-order valence-electron chi connectivity index (χ0n) is 11.0. The summed E-state index contributed by atoms with van der Waals surface area (Å²) in [5.74, 6) is -4.75. The summed E-state index contributed by atoms with van der Waals surface area (Å²) in [5, 5.41) is 8.66. The van der Waals surface area contributed by atoms with Crippen LogP contribution in [0.4, 0.5) is 8.78 Å². The van der Waals surface area contributed by atoms with Gasteiger partial charge in [-0.3, -0.25) is 14.4 Å². The van der Waals surface area contributed by atoms with E-state index in [1.54, 1.807) is 0 Å². The molecule has 0 unspecified atom stereocenters. The number of hydrogen-bond acceptors (Lipinski definition) is 3. The highest BCUT2D eigenvalue weighted by atomic mass is 19.2. The third kappa shape index (κ3) is 5.55. The number of aliphatic carboxylic acids is 1. The van der Waals surface area contributed by atoms with Gasteiger partial charge in [0.25, 0.3) is 0 Å². The average Bonchev–Trinajstić information content (AvgIpc) is 2.38. The number of primary amides is 1. The molecule has 0 aliphatic rings. The van der Waals surface area contributed by atoms with E-state index < -0.39 is 42.5 Å². The van der Waals surface area contributed by atoms with Crippen LogP contribution in [0.2, 0.25) is 0 Å². The Balaban J connectivity index is 2.65. The first-order valence-corrected chi connectivity index (χ1v) is 6.01. The van der Waals surface area contributed by atoms with Crippen LogP contribution in [0, 0.1) is 11.6 Å². The molecule has 8 heteroatoms. The highest BCUT2D eigenvalue weighted by Crippen LogP contribution is 2.11. The quantitative estimate of drug-likeness (QED) is 0.756. The van der Waals surface area contributed by atoms with Gasteiger partial charge in [-0.1, -0.05) is 6.07 Å². The number of carbonyl (C=O) groups is 3. The molecular weight excluding hydrogens is 286 g/mol. The molecule has 0 atom stereocenters. The van der Waals surface area contributed by atoms with E-state index in [1.807, 2.05) is 0 Å². The van der Waals surface area contributed by atoms with Crippen molar-refractivity contribution in [2.45, 2.75) is 12.8 Å². The second kappa shape index (κ2) is 7.32. The topological polar surface area (TPSA) is 101 Å². The van der Waals surface area contributed by atoms with Crippen molar-refractivity contribution in [2.75, 3.05) is 13.1 Å². The number of aryl methyl sites for hydroxylation is 1. The molecular formula is C13H14F2N2O4. The number of carboxylic acids is 1. The van der Waals surface area contributed by atoms with E-state index in [0.29, 0.717) is 5.56 Å². The lowest BCUT2D eigenvalue weighted by Gasteiger charge is -2.18. The molecule has 6 nitrogen and oxygen atoms in total. The van der Waals surface area contributed by atoms with Gasteiger partial charge in [0.1, 0.15) is 6.54 Å². The molecule has 0 spiro atoms. The summed E-state index contributed by atoms with van der Waals surface area (Å²) in [6, 6.07) is 3.22. The molecule has 0 heterocycles. The molecule has 1 rings (SSSR count). The van der Waals surface area contributed by atoms with Crippen molar-refractivity contribution in [3.8, 4) is 0 Å². The van der Waals surface area contributed by atoms with E-state index >= 15 is 0 Å². The maximum absolute atomic E-state index is 13.0. The molecule has 0 saturated carbocycles. The second-order valence-corrected chi connectivity index (χ2v) is 4.36. The fraction of sp³-hybridized carbons (Fsp3) is 0.308. The average molecular weight is 300 g/mol. The molecule has 114 valence electrons. The van der Waals surface area contributed by atoms with Gasteiger partial charge in [0.2, 0.25) is 11.8 Å². The van der Waals surface area contributed by atoms with E-state index in [2.05, 4.69) is 0 Å². The van der Waals surface area contributed by atoms with Crippen LogP contribution in [-0.2, 0) is 20.8 Å². The summed E-state index contributed by atoms with van der Waals surface area (Å²) in [7, 11) is 0. The van der Waals surface area contributed by atoms with Gasteiger partial charge in [-0.05, 0) is 24.1 Å². The molecule has 2 amide bonds. The van der Waals surface area contributed by atoms with E-state index in [0.717, 1.165) is 17.0 Å². The van der Waals surface area contributed by atoms with Gasteiger partial charge in [0, 0.05) is 6.42 Å². The SMILES string of the molecule is NC(=O)CN(CC(=O)O)C(=O)CCc1ccc(F)c(F)c1. The summed E-state index contributed by atoms with van der Waals surface area (Å²) in [6.45, 7) is -1.16. The van der Waals surface area contributed by atoms with Crippen LogP contribution in [0.5, 0.6) is 0 Å². The zero-order chi connectivity index (χ0) is 16.0. The van der Waals surface area contributed by atoms with Crippen molar-refractivity contribution in [1.82, 2.24) is 4.90 Å². The van der Waals surface area contributed by atoms with Crippen molar-refractivity contribution in [2.24, 2.45) is 5.73 Å².